The first-order valence-corrected chi connectivity index (χ1v) is 21.1. The molecule has 2 aromatic heterocycles. The largest absolute Gasteiger partial charge is 0.480 e. The molecule has 0 unspecified atom stereocenters. The Morgan fingerprint density at radius 1 is 0.809 bits per heavy atom. The van der Waals surface area contributed by atoms with Crippen molar-refractivity contribution in [3.63, 3.8) is 0 Å². The number of halogens is 6. The van der Waals surface area contributed by atoms with Crippen molar-refractivity contribution in [2.24, 2.45) is 0 Å². The normalized spacial score (nSPS) is 11.3. The quantitative estimate of drug-likeness (QED) is 0.0681. The van der Waals surface area contributed by atoms with Crippen LogP contribution in [0.1, 0.15) is 39.0 Å². The van der Waals surface area contributed by atoms with Crippen LogP contribution in [0.5, 0.6) is 23.3 Å². The van der Waals surface area contributed by atoms with E-state index in [1.54, 1.807) is 35.2 Å². The summed E-state index contributed by atoms with van der Waals surface area (Å²) >= 11 is 17.7. The zero-order chi connectivity index (χ0) is 50.5. The number of sulfonamides is 1. The van der Waals surface area contributed by atoms with Crippen LogP contribution in [-0.2, 0) is 30.5 Å². The molecule has 6 aromatic rings. The number of amides is 2. The molecule has 0 spiro atoms. The lowest BCUT2D eigenvalue weighted by Crippen LogP contribution is -2.35. The lowest BCUT2D eigenvalue weighted by Gasteiger charge is -2.13. The highest BCUT2D eigenvalue weighted by atomic mass is 35.5. The Labute approximate surface area is 396 Å². The van der Waals surface area contributed by atoms with Crippen LogP contribution >= 0.6 is 34.8 Å². The second-order valence-corrected chi connectivity index (χ2v) is 15.8. The van der Waals surface area contributed by atoms with E-state index in [2.05, 4.69) is 25.3 Å². The van der Waals surface area contributed by atoms with Crippen LogP contribution in [0.15, 0.2) is 96.0 Å². The SMILES string of the molecule is COc1nc(C)nc(NC(=O)NS(=O)(=O)c2ccccc2C(=O)O)n1.C[C@H](OC(=O)c1cc(Oc2ccc(C(F)(F)F)cc2Cl)ccc1Cl)C(=O)O.O=C(O)COc1ccc(Cl)c2cccnc12. The first-order chi connectivity index (χ1) is 31.9. The molecular weight excluding hydrogens is 996 g/mol. The number of benzene rings is 4. The van der Waals surface area contributed by atoms with Gasteiger partial charge in [-0.15, -0.1) is 0 Å². The predicted octanol–water partition coefficient (Wildman–Crippen LogP) is 8.18. The van der Waals surface area contributed by atoms with Crippen molar-refractivity contribution in [1.82, 2.24) is 24.7 Å². The maximum absolute atomic E-state index is 12.7. The molecule has 5 N–H and O–H groups in total. The van der Waals surface area contributed by atoms with Crippen LogP contribution in [-0.4, -0.2) is 93.4 Å². The molecule has 0 saturated heterocycles. The lowest BCUT2D eigenvalue weighted by molar-refractivity contribution is -0.146. The van der Waals surface area contributed by atoms with E-state index in [9.17, 15) is 45.6 Å². The van der Waals surface area contributed by atoms with Crippen molar-refractivity contribution in [2.45, 2.75) is 31.0 Å². The van der Waals surface area contributed by atoms with Crippen molar-refractivity contribution in [3.8, 4) is 23.3 Å². The number of methoxy groups -OCH3 is 1. The number of anilines is 1. The van der Waals surface area contributed by atoms with Crippen LogP contribution < -0.4 is 24.2 Å². The van der Waals surface area contributed by atoms with Gasteiger partial charge in [-0.3, -0.25) is 10.3 Å². The van der Waals surface area contributed by atoms with Crippen molar-refractivity contribution in [2.75, 3.05) is 19.0 Å². The molecule has 0 aliphatic rings. The molecule has 0 fully saturated rings. The second-order valence-electron chi connectivity index (χ2n) is 13.0. The highest BCUT2D eigenvalue weighted by Gasteiger charge is 2.31. The van der Waals surface area contributed by atoms with E-state index in [1.165, 1.54) is 38.3 Å². The van der Waals surface area contributed by atoms with E-state index >= 15 is 0 Å². The molecule has 1 atom stereocenters. The third kappa shape index (κ3) is 15.0. The number of urea groups is 1. The molecule has 0 saturated carbocycles. The number of rotatable bonds is 13. The van der Waals surface area contributed by atoms with E-state index in [1.807, 2.05) is 0 Å². The number of alkyl halides is 3. The molecule has 27 heteroatoms. The number of carbonyl (C=O) groups excluding carboxylic acids is 2. The molecule has 20 nitrogen and oxygen atoms in total. The first kappa shape index (κ1) is 53.1. The number of nitrogens with zero attached hydrogens (tertiary/aromatic N) is 4. The number of hydrogen-bond donors (Lipinski definition) is 5. The van der Waals surface area contributed by atoms with E-state index in [0.29, 0.717) is 22.4 Å². The second kappa shape index (κ2) is 23.3. The summed E-state index contributed by atoms with van der Waals surface area (Å²) in [4.78, 5) is 71.1. The van der Waals surface area contributed by atoms with Crippen LogP contribution in [0.3, 0.4) is 0 Å². The number of aromatic nitrogens is 4. The monoisotopic (exact) mass is 1030 g/mol. The van der Waals surface area contributed by atoms with Gasteiger partial charge in [0.1, 0.15) is 33.5 Å². The fourth-order valence-corrected chi connectivity index (χ4v) is 6.78. The molecule has 4 aromatic carbocycles. The van der Waals surface area contributed by atoms with Gasteiger partial charge in [-0.2, -0.15) is 28.1 Å². The van der Waals surface area contributed by atoms with Gasteiger partial charge < -0.3 is 34.3 Å². The Morgan fingerprint density at radius 3 is 2.12 bits per heavy atom. The zero-order valence-electron chi connectivity index (χ0n) is 34.7. The average molecular weight is 1030 g/mol. The summed E-state index contributed by atoms with van der Waals surface area (Å²) < 4.78 is 84.2. The van der Waals surface area contributed by atoms with Gasteiger partial charge in [0.05, 0.1) is 38.9 Å². The number of ether oxygens (including phenoxy) is 4. The number of nitrogens with one attached hydrogen (secondary N) is 2. The van der Waals surface area contributed by atoms with Gasteiger partial charge in [0, 0.05) is 11.6 Å². The molecule has 0 radical (unpaired) electrons. The molecule has 0 aliphatic heterocycles. The number of aromatic carboxylic acids is 1. The molecule has 2 heterocycles. The molecular formula is C41H32Cl3F3N6O14S. The highest BCUT2D eigenvalue weighted by Crippen LogP contribution is 2.37. The van der Waals surface area contributed by atoms with Gasteiger partial charge in [-0.1, -0.05) is 46.9 Å². The van der Waals surface area contributed by atoms with Gasteiger partial charge in [-0.05, 0) is 86.6 Å². The Kier molecular flexibility index (Phi) is 18.2. The maximum atomic E-state index is 12.7. The highest BCUT2D eigenvalue weighted by molar-refractivity contribution is 7.90. The summed E-state index contributed by atoms with van der Waals surface area (Å²) in [5.74, 6) is -4.44. The number of fused-ring (bicyclic) bond motifs is 1. The van der Waals surface area contributed by atoms with Crippen LogP contribution in [0.25, 0.3) is 10.9 Å². The molecule has 68 heavy (non-hydrogen) atoms. The van der Waals surface area contributed by atoms with Gasteiger partial charge in [0.25, 0.3) is 10.0 Å². The number of esters is 1. The Bertz CT molecular complexity index is 2990. The van der Waals surface area contributed by atoms with E-state index in [-0.39, 0.29) is 44.9 Å². The van der Waals surface area contributed by atoms with E-state index in [0.717, 1.165) is 42.6 Å². The average Bonchev–Trinajstić information content (AvgIpc) is 3.27. The summed E-state index contributed by atoms with van der Waals surface area (Å²) in [5, 5.41) is 29.5. The van der Waals surface area contributed by atoms with Crippen molar-refractivity contribution < 1.29 is 79.8 Å². The van der Waals surface area contributed by atoms with E-state index in [4.69, 9.17) is 69.1 Å². The Morgan fingerprint density at radius 2 is 1.49 bits per heavy atom. The fraction of sp³-hybridized carbons (Fsp3) is 0.146. The maximum Gasteiger partial charge on any atom is 0.416 e. The van der Waals surface area contributed by atoms with E-state index < -0.39 is 74.8 Å². The van der Waals surface area contributed by atoms with Crippen molar-refractivity contribution in [3.05, 3.63) is 129 Å². The van der Waals surface area contributed by atoms with Gasteiger partial charge in [0.2, 0.25) is 5.95 Å². The van der Waals surface area contributed by atoms with Crippen LogP contribution in [0.4, 0.5) is 23.9 Å². The molecule has 2 amide bonds. The number of carboxylic acids is 3. The summed E-state index contributed by atoms with van der Waals surface area (Å²) in [6.07, 6.45) is -4.35. The van der Waals surface area contributed by atoms with Crippen LogP contribution in [0, 0.1) is 6.92 Å². The predicted molar refractivity (Wildman–Crippen MR) is 234 cm³/mol. The smallest absolute Gasteiger partial charge is 0.416 e. The van der Waals surface area contributed by atoms with Gasteiger partial charge in [0.15, 0.2) is 12.7 Å². The Balaban J connectivity index is 0.000000229. The third-order valence-electron chi connectivity index (χ3n) is 8.08. The number of hydrogen-bond acceptors (Lipinski definition) is 15. The molecule has 358 valence electrons. The van der Waals surface area contributed by atoms with Crippen LogP contribution in [0.2, 0.25) is 15.1 Å². The summed E-state index contributed by atoms with van der Waals surface area (Å²) in [6, 6.07) is 16.8. The number of carbonyl (C=O) groups is 5. The Hall–Kier alpha value is -7.54. The minimum Gasteiger partial charge on any atom is -0.480 e. The third-order valence-corrected chi connectivity index (χ3v) is 10.4. The summed E-state index contributed by atoms with van der Waals surface area (Å²) in [6.45, 7) is 2.29. The fourth-order valence-electron chi connectivity index (χ4n) is 5.04. The van der Waals surface area contributed by atoms with Crippen molar-refractivity contribution in [1.29, 1.82) is 0 Å². The summed E-state index contributed by atoms with van der Waals surface area (Å²) in [5.41, 5.74) is -1.02. The molecule has 0 bridgehead atoms. The lowest BCUT2D eigenvalue weighted by atomic mass is 10.2. The minimum atomic E-state index is -4.56. The minimum absolute atomic E-state index is 0.0246. The number of aliphatic carboxylic acids is 2. The number of carboxylic acid groups (broad SMARTS) is 3. The standard InChI is InChI=1S/C17H11Cl2F3O5.C13H13N5O6S.C11H8ClNO3/c1-8(15(23)24)26-16(25)11-7-10(3-4-12(11)18)27-14-5-2-9(6-13(14)19)17(20,21)22;1-7-14-11(17-13(15-7)24-2)16-12(21)18-25(22,23)9-6-4-3-5-8(9)10(19)20;12-8-3-4-9(16-6-10(14)15)11-7(8)2-1-5-13-11/h2-8H,1H3,(H,23,24);3-6H,1-2H3,(H,19,20)(H2,14,15,16,17,18,21);1-5H,6H2,(H,14,15)/t8-;;/m0../s1. The zero-order valence-corrected chi connectivity index (χ0v) is 37.8. The summed E-state index contributed by atoms with van der Waals surface area (Å²) in [7, 11) is -3.11. The molecule has 6 rings (SSSR count). The van der Waals surface area contributed by atoms with Crippen molar-refractivity contribution >= 4 is 91.6 Å². The number of pyridine rings is 1. The topological polar surface area (TPSA) is 293 Å². The van der Waals surface area contributed by atoms with Gasteiger partial charge >= 0.3 is 42.1 Å². The molecule has 0 aliphatic carbocycles. The van der Waals surface area contributed by atoms with Gasteiger partial charge in [-0.25, -0.2) is 37.1 Å². The first-order valence-electron chi connectivity index (χ1n) is 18.5. The number of aryl methyl sites for hydroxylation is 1.